The quantitative estimate of drug-likeness (QED) is 0.762. The summed E-state index contributed by atoms with van der Waals surface area (Å²) in [6.07, 6.45) is 0. The molecule has 1 heterocycles. The molecule has 1 aliphatic rings. The van der Waals surface area contributed by atoms with Gasteiger partial charge in [0.15, 0.2) is 0 Å². The van der Waals surface area contributed by atoms with E-state index in [-0.39, 0.29) is 6.61 Å². The van der Waals surface area contributed by atoms with E-state index in [1.807, 2.05) is 0 Å². The number of hydrogen-bond acceptors (Lipinski definition) is 3. The summed E-state index contributed by atoms with van der Waals surface area (Å²) in [5.41, 5.74) is 1.40. The highest BCUT2D eigenvalue weighted by Gasteiger charge is 2.35. The average molecular weight is 235 g/mol. The number of aliphatic hydroxyl groups is 1. The maximum Gasteiger partial charge on any atom is 0.0698 e. The summed E-state index contributed by atoms with van der Waals surface area (Å²) in [6.45, 7) is 5.64. The van der Waals surface area contributed by atoms with Crippen molar-refractivity contribution in [1.29, 1.82) is 0 Å². The van der Waals surface area contributed by atoms with Gasteiger partial charge in [0.25, 0.3) is 0 Å². The van der Waals surface area contributed by atoms with Gasteiger partial charge in [-0.3, -0.25) is 4.90 Å². The van der Waals surface area contributed by atoms with Crippen LogP contribution in [0, 0.1) is 5.92 Å². The third-order valence-corrected chi connectivity index (χ3v) is 3.35. The number of benzene rings is 1. The second kappa shape index (κ2) is 6.15. The lowest BCUT2D eigenvalue weighted by atomic mass is 9.85. The van der Waals surface area contributed by atoms with Crippen LogP contribution in [-0.4, -0.2) is 42.9 Å². The van der Waals surface area contributed by atoms with Crippen LogP contribution in [0.25, 0.3) is 0 Å². The third-order valence-electron chi connectivity index (χ3n) is 3.35. The van der Waals surface area contributed by atoms with Crippen molar-refractivity contribution in [3.05, 3.63) is 35.9 Å². The maximum absolute atomic E-state index is 8.64. The Kier molecular flexibility index (Phi) is 4.54. The van der Waals surface area contributed by atoms with Gasteiger partial charge in [-0.2, -0.15) is 0 Å². The first-order valence-electron chi connectivity index (χ1n) is 6.30. The predicted octanol–water partition coefficient (Wildman–Crippen LogP) is 1.69. The van der Waals surface area contributed by atoms with E-state index in [1.54, 1.807) is 0 Å². The SMILES string of the molecule is CC1CN(CCOCCO)C1c1ccccc1. The smallest absolute Gasteiger partial charge is 0.0698 e. The molecular formula is C14H21NO2. The second-order valence-electron chi connectivity index (χ2n) is 4.66. The van der Waals surface area contributed by atoms with E-state index < -0.39 is 0 Å². The molecule has 2 atom stereocenters. The highest BCUT2D eigenvalue weighted by Crippen LogP contribution is 2.37. The van der Waals surface area contributed by atoms with Crippen molar-refractivity contribution in [3.63, 3.8) is 0 Å². The van der Waals surface area contributed by atoms with Crippen LogP contribution >= 0.6 is 0 Å². The van der Waals surface area contributed by atoms with Gasteiger partial charge in [-0.25, -0.2) is 0 Å². The summed E-state index contributed by atoms with van der Waals surface area (Å²) in [5, 5.41) is 8.64. The molecule has 0 aliphatic carbocycles. The zero-order valence-corrected chi connectivity index (χ0v) is 10.4. The van der Waals surface area contributed by atoms with Crippen molar-refractivity contribution in [3.8, 4) is 0 Å². The minimum absolute atomic E-state index is 0.110. The van der Waals surface area contributed by atoms with Gasteiger partial charge in [-0.1, -0.05) is 37.3 Å². The van der Waals surface area contributed by atoms with E-state index in [9.17, 15) is 0 Å². The van der Waals surface area contributed by atoms with Gasteiger partial charge in [-0.05, 0) is 11.5 Å². The molecular weight excluding hydrogens is 214 g/mol. The standard InChI is InChI=1S/C14H21NO2/c1-12-11-15(7-9-17-10-8-16)14(12)13-5-3-2-4-6-13/h2-6,12,14,16H,7-11H2,1H3. The molecule has 0 saturated carbocycles. The van der Waals surface area contributed by atoms with E-state index in [0.29, 0.717) is 19.3 Å². The summed E-state index contributed by atoms with van der Waals surface area (Å²) >= 11 is 0. The average Bonchev–Trinajstić information content (AvgIpc) is 2.34. The molecule has 0 amide bonds. The van der Waals surface area contributed by atoms with Crippen LogP contribution in [0.1, 0.15) is 18.5 Å². The van der Waals surface area contributed by atoms with Crippen molar-refractivity contribution >= 4 is 0 Å². The molecule has 0 spiro atoms. The number of aliphatic hydroxyl groups excluding tert-OH is 1. The lowest BCUT2D eigenvalue weighted by Crippen LogP contribution is -2.49. The Morgan fingerprint density at radius 2 is 2.06 bits per heavy atom. The van der Waals surface area contributed by atoms with Crippen LogP contribution in [0.15, 0.2) is 30.3 Å². The molecule has 1 N–H and O–H groups in total. The van der Waals surface area contributed by atoms with E-state index in [4.69, 9.17) is 9.84 Å². The molecule has 1 fully saturated rings. The molecule has 1 saturated heterocycles. The van der Waals surface area contributed by atoms with Gasteiger partial charge >= 0.3 is 0 Å². The molecule has 3 nitrogen and oxygen atoms in total. The van der Waals surface area contributed by atoms with Crippen LogP contribution in [0.4, 0.5) is 0 Å². The molecule has 1 aromatic carbocycles. The Labute approximate surface area is 103 Å². The molecule has 2 rings (SSSR count). The molecule has 0 bridgehead atoms. The minimum atomic E-state index is 0.110. The highest BCUT2D eigenvalue weighted by atomic mass is 16.5. The summed E-state index contributed by atoms with van der Waals surface area (Å²) in [4.78, 5) is 2.44. The van der Waals surface area contributed by atoms with Crippen molar-refractivity contribution < 1.29 is 9.84 Å². The summed E-state index contributed by atoms with van der Waals surface area (Å²) in [6, 6.07) is 11.2. The summed E-state index contributed by atoms with van der Waals surface area (Å²) in [7, 11) is 0. The Morgan fingerprint density at radius 1 is 1.29 bits per heavy atom. The van der Waals surface area contributed by atoms with Crippen LogP contribution in [0.3, 0.4) is 0 Å². The van der Waals surface area contributed by atoms with Gasteiger partial charge in [-0.15, -0.1) is 0 Å². The monoisotopic (exact) mass is 235 g/mol. The Hall–Kier alpha value is -0.900. The molecule has 1 aromatic rings. The first-order chi connectivity index (χ1) is 8.33. The lowest BCUT2D eigenvalue weighted by Gasteiger charge is -2.47. The largest absolute Gasteiger partial charge is 0.394 e. The number of ether oxygens (including phenoxy) is 1. The number of rotatable bonds is 6. The van der Waals surface area contributed by atoms with Gasteiger partial charge in [0.05, 0.1) is 19.8 Å². The molecule has 1 aliphatic heterocycles. The second-order valence-corrected chi connectivity index (χ2v) is 4.66. The van der Waals surface area contributed by atoms with E-state index in [0.717, 1.165) is 19.0 Å². The molecule has 3 heteroatoms. The minimum Gasteiger partial charge on any atom is -0.394 e. The topological polar surface area (TPSA) is 32.7 Å². The summed E-state index contributed by atoms with van der Waals surface area (Å²) in [5.74, 6) is 0.718. The first kappa shape index (κ1) is 12.6. The predicted molar refractivity (Wildman–Crippen MR) is 67.8 cm³/mol. The molecule has 0 aromatic heterocycles. The number of nitrogens with zero attached hydrogens (tertiary/aromatic N) is 1. The zero-order chi connectivity index (χ0) is 12.1. The van der Waals surface area contributed by atoms with Gasteiger partial charge in [0, 0.05) is 19.1 Å². The van der Waals surface area contributed by atoms with Crippen LogP contribution < -0.4 is 0 Å². The molecule has 17 heavy (non-hydrogen) atoms. The third kappa shape index (κ3) is 3.06. The van der Waals surface area contributed by atoms with Crippen molar-refractivity contribution in [1.82, 2.24) is 4.90 Å². The Balaban J connectivity index is 1.84. The molecule has 0 radical (unpaired) electrons. The first-order valence-corrected chi connectivity index (χ1v) is 6.30. The van der Waals surface area contributed by atoms with Crippen LogP contribution in [0.2, 0.25) is 0 Å². The normalized spacial score (nSPS) is 24.6. The summed E-state index contributed by atoms with van der Waals surface area (Å²) < 4.78 is 5.32. The van der Waals surface area contributed by atoms with Crippen molar-refractivity contribution in [2.75, 3.05) is 32.9 Å². The maximum atomic E-state index is 8.64. The fourth-order valence-corrected chi connectivity index (χ4v) is 2.57. The van der Waals surface area contributed by atoms with E-state index in [2.05, 4.69) is 42.2 Å². The lowest BCUT2D eigenvalue weighted by molar-refractivity contribution is -0.00832. The van der Waals surface area contributed by atoms with E-state index in [1.165, 1.54) is 5.56 Å². The van der Waals surface area contributed by atoms with Crippen LogP contribution in [0.5, 0.6) is 0 Å². The number of hydrogen-bond donors (Lipinski definition) is 1. The number of likely N-dealkylation sites (tertiary alicyclic amines) is 1. The van der Waals surface area contributed by atoms with Crippen molar-refractivity contribution in [2.45, 2.75) is 13.0 Å². The van der Waals surface area contributed by atoms with E-state index >= 15 is 0 Å². The Bertz CT molecular complexity index is 328. The van der Waals surface area contributed by atoms with Gasteiger partial charge in [0.2, 0.25) is 0 Å². The molecule has 94 valence electrons. The van der Waals surface area contributed by atoms with Crippen molar-refractivity contribution in [2.24, 2.45) is 5.92 Å². The fraction of sp³-hybridized carbons (Fsp3) is 0.571. The van der Waals surface area contributed by atoms with Gasteiger partial charge in [0.1, 0.15) is 0 Å². The Morgan fingerprint density at radius 3 is 2.71 bits per heavy atom. The fourth-order valence-electron chi connectivity index (χ4n) is 2.57. The van der Waals surface area contributed by atoms with Gasteiger partial charge < -0.3 is 9.84 Å². The molecule has 2 unspecified atom stereocenters. The van der Waals surface area contributed by atoms with Crippen LogP contribution in [-0.2, 0) is 4.74 Å². The highest BCUT2D eigenvalue weighted by molar-refractivity contribution is 5.22. The zero-order valence-electron chi connectivity index (χ0n) is 10.4.